The maximum absolute atomic E-state index is 12.3. The van der Waals surface area contributed by atoms with E-state index >= 15 is 0 Å². The molecule has 68 valence electrons. The van der Waals surface area contributed by atoms with E-state index in [0.717, 1.165) is 12.8 Å². The second-order valence-corrected chi connectivity index (χ2v) is 3.03. The summed E-state index contributed by atoms with van der Waals surface area (Å²) in [6.07, 6.45) is -0.110. The van der Waals surface area contributed by atoms with Crippen LogP contribution in [-0.2, 0) is 0 Å². The lowest BCUT2D eigenvalue weighted by molar-refractivity contribution is 0.0423. The average molecular weight is 165 g/mol. The Bertz CT molecular complexity index is 98.3. The number of hydrogen-bond acceptors (Lipinski definition) is 1. The Balaban J connectivity index is 4.01. The number of rotatable bonds is 5. The fourth-order valence-corrected chi connectivity index (χ4v) is 1.27. The van der Waals surface area contributed by atoms with Gasteiger partial charge in [0.15, 0.2) is 0 Å². The molecule has 0 amide bonds. The quantitative estimate of drug-likeness (QED) is 0.665. The van der Waals surface area contributed by atoms with Gasteiger partial charge in [0.2, 0.25) is 0 Å². The zero-order valence-electron chi connectivity index (χ0n) is 7.24. The van der Waals surface area contributed by atoms with Crippen LogP contribution in [0.1, 0.15) is 39.5 Å². The van der Waals surface area contributed by atoms with Crippen molar-refractivity contribution in [3.8, 4) is 0 Å². The van der Waals surface area contributed by atoms with Crippen molar-refractivity contribution in [1.82, 2.24) is 0 Å². The van der Waals surface area contributed by atoms with Crippen molar-refractivity contribution in [2.24, 2.45) is 5.73 Å². The molecule has 0 saturated carbocycles. The smallest absolute Gasteiger partial charge is 0.256 e. The predicted molar refractivity (Wildman–Crippen MR) is 42.7 cm³/mol. The van der Waals surface area contributed by atoms with E-state index in [1.165, 1.54) is 0 Å². The molecule has 0 aliphatic heterocycles. The number of alkyl halides is 2. The van der Waals surface area contributed by atoms with Crippen LogP contribution in [0.25, 0.3) is 0 Å². The standard InChI is InChI=1S/C8H17F2N/c1-3-5-8(11,6-4-2)7(9)10/h7H,3-6,11H2,1-2H3. The van der Waals surface area contributed by atoms with Gasteiger partial charge in [0.05, 0.1) is 5.54 Å². The van der Waals surface area contributed by atoms with E-state index in [1.807, 2.05) is 13.8 Å². The molecule has 0 heterocycles. The molecule has 11 heavy (non-hydrogen) atoms. The molecule has 0 unspecified atom stereocenters. The highest BCUT2D eigenvalue weighted by atomic mass is 19.3. The minimum atomic E-state index is -2.39. The first-order valence-electron chi connectivity index (χ1n) is 4.14. The zero-order chi connectivity index (χ0) is 8.91. The van der Waals surface area contributed by atoms with Crippen LogP contribution in [0.4, 0.5) is 8.78 Å². The van der Waals surface area contributed by atoms with Gasteiger partial charge in [0, 0.05) is 0 Å². The van der Waals surface area contributed by atoms with Gasteiger partial charge in [-0.05, 0) is 12.8 Å². The molecule has 0 spiro atoms. The molecule has 0 atom stereocenters. The van der Waals surface area contributed by atoms with Crippen molar-refractivity contribution in [2.45, 2.75) is 51.5 Å². The maximum atomic E-state index is 12.3. The lowest BCUT2D eigenvalue weighted by Crippen LogP contribution is -2.46. The highest BCUT2D eigenvalue weighted by Gasteiger charge is 2.33. The van der Waals surface area contributed by atoms with Crippen molar-refractivity contribution in [2.75, 3.05) is 0 Å². The summed E-state index contributed by atoms with van der Waals surface area (Å²) in [5, 5.41) is 0. The van der Waals surface area contributed by atoms with Crippen LogP contribution in [0, 0.1) is 0 Å². The molecule has 0 aromatic heterocycles. The van der Waals surface area contributed by atoms with Crippen LogP contribution in [0.2, 0.25) is 0 Å². The van der Waals surface area contributed by atoms with Crippen molar-refractivity contribution in [3.05, 3.63) is 0 Å². The van der Waals surface area contributed by atoms with Crippen LogP contribution in [0.3, 0.4) is 0 Å². The topological polar surface area (TPSA) is 26.0 Å². The first-order valence-corrected chi connectivity index (χ1v) is 4.14. The van der Waals surface area contributed by atoms with Gasteiger partial charge in [0.1, 0.15) is 0 Å². The van der Waals surface area contributed by atoms with Crippen LogP contribution in [0.15, 0.2) is 0 Å². The average Bonchev–Trinajstić information content (AvgIpc) is 1.88. The maximum Gasteiger partial charge on any atom is 0.256 e. The second kappa shape index (κ2) is 4.65. The molecule has 0 aromatic carbocycles. The third-order valence-electron chi connectivity index (χ3n) is 1.87. The summed E-state index contributed by atoms with van der Waals surface area (Å²) in [5.41, 5.74) is 4.28. The zero-order valence-corrected chi connectivity index (χ0v) is 7.24. The number of halogens is 2. The molecule has 0 aliphatic carbocycles. The summed E-state index contributed by atoms with van der Waals surface area (Å²) < 4.78 is 24.7. The Morgan fingerprint density at radius 2 is 1.55 bits per heavy atom. The highest BCUT2D eigenvalue weighted by molar-refractivity contribution is 4.85. The molecule has 0 fully saturated rings. The molecular formula is C8H17F2N. The van der Waals surface area contributed by atoms with E-state index < -0.39 is 12.0 Å². The minimum Gasteiger partial charge on any atom is -0.320 e. The second-order valence-electron chi connectivity index (χ2n) is 3.03. The molecule has 0 aliphatic rings. The summed E-state index contributed by atoms with van der Waals surface area (Å²) in [5.74, 6) is 0. The largest absolute Gasteiger partial charge is 0.320 e. The monoisotopic (exact) mass is 165 g/mol. The highest BCUT2D eigenvalue weighted by Crippen LogP contribution is 2.23. The predicted octanol–water partition coefficient (Wildman–Crippen LogP) is 2.55. The van der Waals surface area contributed by atoms with E-state index in [-0.39, 0.29) is 0 Å². The normalized spacial score (nSPS) is 12.5. The Morgan fingerprint density at radius 3 is 1.73 bits per heavy atom. The summed E-state index contributed by atoms with van der Waals surface area (Å²) in [6.45, 7) is 3.75. The van der Waals surface area contributed by atoms with E-state index in [0.29, 0.717) is 12.8 Å². The van der Waals surface area contributed by atoms with Crippen LogP contribution in [-0.4, -0.2) is 12.0 Å². The lowest BCUT2D eigenvalue weighted by Gasteiger charge is -2.27. The van der Waals surface area contributed by atoms with Crippen LogP contribution in [0.5, 0.6) is 0 Å². The van der Waals surface area contributed by atoms with Crippen molar-refractivity contribution < 1.29 is 8.78 Å². The molecule has 2 N–H and O–H groups in total. The first-order chi connectivity index (χ1) is 5.06. The van der Waals surface area contributed by atoms with Gasteiger partial charge >= 0.3 is 0 Å². The molecule has 0 radical (unpaired) electrons. The molecule has 0 saturated heterocycles. The van der Waals surface area contributed by atoms with Gasteiger partial charge in [-0.3, -0.25) is 0 Å². The first kappa shape index (κ1) is 10.8. The van der Waals surface area contributed by atoms with Gasteiger partial charge in [-0.15, -0.1) is 0 Å². The van der Waals surface area contributed by atoms with Gasteiger partial charge < -0.3 is 5.73 Å². The van der Waals surface area contributed by atoms with E-state index in [2.05, 4.69) is 0 Å². The Hall–Kier alpha value is -0.180. The summed E-state index contributed by atoms with van der Waals surface area (Å²) in [4.78, 5) is 0. The summed E-state index contributed by atoms with van der Waals surface area (Å²) >= 11 is 0. The third-order valence-corrected chi connectivity index (χ3v) is 1.87. The summed E-state index contributed by atoms with van der Waals surface area (Å²) in [7, 11) is 0. The molecule has 3 heteroatoms. The van der Waals surface area contributed by atoms with Gasteiger partial charge in [-0.2, -0.15) is 0 Å². The van der Waals surface area contributed by atoms with E-state index in [4.69, 9.17) is 5.73 Å². The van der Waals surface area contributed by atoms with Crippen LogP contribution >= 0.6 is 0 Å². The van der Waals surface area contributed by atoms with E-state index in [1.54, 1.807) is 0 Å². The number of nitrogens with two attached hydrogens (primary N) is 1. The third kappa shape index (κ3) is 3.14. The molecule has 0 rings (SSSR count). The minimum absolute atomic E-state index is 0.415. The molecule has 0 aromatic rings. The molecule has 1 nitrogen and oxygen atoms in total. The Kier molecular flexibility index (Phi) is 4.57. The van der Waals surface area contributed by atoms with Crippen LogP contribution < -0.4 is 5.73 Å². The fourth-order valence-electron chi connectivity index (χ4n) is 1.27. The SMILES string of the molecule is CCCC(N)(CCC)C(F)F. The van der Waals surface area contributed by atoms with Crippen molar-refractivity contribution in [1.29, 1.82) is 0 Å². The number of hydrogen-bond donors (Lipinski definition) is 1. The Morgan fingerprint density at radius 1 is 1.18 bits per heavy atom. The van der Waals surface area contributed by atoms with E-state index in [9.17, 15) is 8.78 Å². The van der Waals surface area contributed by atoms with Gasteiger partial charge in [-0.1, -0.05) is 26.7 Å². The summed E-state index contributed by atoms with van der Waals surface area (Å²) in [6, 6.07) is 0. The van der Waals surface area contributed by atoms with Crippen molar-refractivity contribution in [3.63, 3.8) is 0 Å². The van der Waals surface area contributed by atoms with Gasteiger partial charge in [0.25, 0.3) is 6.43 Å². The molecule has 0 bridgehead atoms. The fraction of sp³-hybridized carbons (Fsp3) is 1.00. The van der Waals surface area contributed by atoms with Gasteiger partial charge in [-0.25, -0.2) is 8.78 Å². The molecular weight excluding hydrogens is 148 g/mol. The lowest BCUT2D eigenvalue weighted by atomic mass is 9.90. The van der Waals surface area contributed by atoms with Crippen molar-refractivity contribution >= 4 is 0 Å². The Labute approximate surface area is 67.0 Å².